The van der Waals surface area contributed by atoms with Crippen molar-refractivity contribution in [1.82, 2.24) is 4.98 Å². The number of aromatic carboxylic acids is 1. The molecule has 0 unspecified atom stereocenters. The van der Waals surface area contributed by atoms with Gasteiger partial charge >= 0.3 is 5.97 Å². The van der Waals surface area contributed by atoms with Crippen molar-refractivity contribution >= 4 is 23.5 Å². The molecule has 0 atom stereocenters. The molecular weight excluding hydrogens is 288 g/mol. The fourth-order valence-electron chi connectivity index (χ4n) is 1.65. The normalized spacial score (nSPS) is 11.4. The number of pyridine rings is 1. The summed E-state index contributed by atoms with van der Waals surface area (Å²) in [4.78, 5) is 15.7. The third-order valence-corrected chi connectivity index (χ3v) is 3.91. The topological polar surface area (TPSA) is 82.5 Å². The second-order valence-electron chi connectivity index (χ2n) is 5.80. The van der Waals surface area contributed by atoms with Crippen LogP contribution >= 0.6 is 11.8 Å². The van der Waals surface area contributed by atoms with Gasteiger partial charge < -0.3 is 15.5 Å². The summed E-state index contributed by atoms with van der Waals surface area (Å²) >= 11 is 1.75. The number of aliphatic hydroxyl groups is 1. The first-order valence-electron chi connectivity index (χ1n) is 7.03. The lowest BCUT2D eigenvalue weighted by atomic mass is 9.91. The van der Waals surface area contributed by atoms with Crippen LogP contribution in [0.2, 0.25) is 0 Å². The number of carboxylic acid groups (broad SMARTS) is 1. The summed E-state index contributed by atoms with van der Waals surface area (Å²) in [6, 6.07) is 3.19. The van der Waals surface area contributed by atoms with E-state index in [2.05, 4.69) is 10.3 Å². The van der Waals surface area contributed by atoms with Crippen molar-refractivity contribution in [2.45, 2.75) is 32.6 Å². The molecule has 1 aromatic heterocycles. The Morgan fingerprint density at radius 2 is 2.05 bits per heavy atom. The Hall–Kier alpha value is -1.27. The maximum atomic E-state index is 11.2. The number of hydrogen-bond donors (Lipinski definition) is 3. The summed E-state index contributed by atoms with van der Waals surface area (Å²) in [5.74, 6) is 1.48. The molecule has 0 aliphatic heterocycles. The highest BCUT2D eigenvalue weighted by Crippen LogP contribution is 2.23. The van der Waals surface area contributed by atoms with Crippen LogP contribution in [-0.2, 0) is 5.41 Å². The zero-order valence-electron chi connectivity index (χ0n) is 12.8. The number of thioether (sulfide) groups is 1. The van der Waals surface area contributed by atoms with E-state index in [4.69, 9.17) is 5.11 Å². The molecule has 6 heteroatoms. The predicted octanol–water partition coefficient (Wildman–Crippen LogP) is 2.60. The lowest BCUT2D eigenvalue weighted by Crippen LogP contribution is -2.17. The van der Waals surface area contributed by atoms with Crippen molar-refractivity contribution in [1.29, 1.82) is 0 Å². The molecule has 3 N–H and O–H groups in total. The molecule has 0 aliphatic rings. The third kappa shape index (κ3) is 6.35. The van der Waals surface area contributed by atoms with Gasteiger partial charge in [0.1, 0.15) is 5.82 Å². The number of carbonyl (C=O) groups is 1. The molecule has 0 spiro atoms. The summed E-state index contributed by atoms with van der Waals surface area (Å²) in [7, 11) is 0. The minimum absolute atomic E-state index is 0.197. The third-order valence-electron chi connectivity index (χ3n) is 2.84. The van der Waals surface area contributed by atoms with E-state index >= 15 is 0 Å². The van der Waals surface area contributed by atoms with Crippen LogP contribution in [-0.4, -0.2) is 45.8 Å². The number of aliphatic hydroxyl groups excluding tert-OH is 1. The Morgan fingerprint density at radius 3 is 2.62 bits per heavy atom. The molecule has 0 fully saturated rings. The molecule has 0 saturated carbocycles. The molecular formula is C15H24N2O3S. The highest BCUT2D eigenvalue weighted by atomic mass is 32.2. The number of hydrogen-bond acceptors (Lipinski definition) is 5. The number of carboxylic acids is 1. The van der Waals surface area contributed by atoms with Crippen LogP contribution in [0.1, 0.15) is 43.2 Å². The zero-order chi connectivity index (χ0) is 15.9. The maximum Gasteiger partial charge on any atom is 0.335 e. The number of aromatic nitrogens is 1. The van der Waals surface area contributed by atoms with Gasteiger partial charge in [-0.3, -0.25) is 0 Å². The smallest absolute Gasteiger partial charge is 0.335 e. The van der Waals surface area contributed by atoms with Crippen LogP contribution in [0.5, 0.6) is 0 Å². The van der Waals surface area contributed by atoms with Crippen LogP contribution in [0.25, 0.3) is 0 Å². The Kier molecular flexibility index (Phi) is 6.98. The first kappa shape index (κ1) is 17.8. The van der Waals surface area contributed by atoms with Crippen LogP contribution in [0, 0.1) is 0 Å². The molecule has 1 rings (SSSR count). The average molecular weight is 312 g/mol. The van der Waals surface area contributed by atoms with E-state index in [0.29, 0.717) is 5.82 Å². The monoisotopic (exact) mass is 312 g/mol. The number of rotatable bonds is 8. The molecule has 5 nitrogen and oxygen atoms in total. The predicted molar refractivity (Wildman–Crippen MR) is 87.4 cm³/mol. The highest BCUT2D eigenvalue weighted by molar-refractivity contribution is 7.99. The van der Waals surface area contributed by atoms with E-state index in [9.17, 15) is 9.90 Å². The molecule has 21 heavy (non-hydrogen) atoms. The summed E-state index contributed by atoms with van der Waals surface area (Å²) in [6.07, 6.45) is 0.797. The van der Waals surface area contributed by atoms with Gasteiger partial charge in [-0.25, -0.2) is 9.78 Å². The van der Waals surface area contributed by atoms with Gasteiger partial charge in [-0.15, -0.1) is 0 Å². The Morgan fingerprint density at radius 1 is 1.33 bits per heavy atom. The van der Waals surface area contributed by atoms with Crippen molar-refractivity contribution in [2.24, 2.45) is 0 Å². The van der Waals surface area contributed by atoms with Gasteiger partial charge in [0.25, 0.3) is 0 Å². The maximum absolute atomic E-state index is 11.2. The SMILES string of the molecule is CC(C)(C)c1cc(C(=O)O)cc(NCCSCCCO)n1. The summed E-state index contributed by atoms with van der Waals surface area (Å²) in [6.45, 7) is 6.97. The van der Waals surface area contributed by atoms with Gasteiger partial charge in [0.2, 0.25) is 0 Å². The van der Waals surface area contributed by atoms with E-state index in [0.717, 1.165) is 30.2 Å². The summed E-state index contributed by atoms with van der Waals surface area (Å²) in [5, 5.41) is 21.1. The van der Waals surface area contributed by atoms with E-state index in [-0.39, 0.29) is 17.6 Å². The van der Waals surface area contributed by atoms with Crippen LogP contribution < -0.4 is 5.32 Å². The van der Waals surface area contributed by atoms with E-state index in [1.807, 2.05) is 20.8 Å². The van der Waals surface area contributed by atoms with Crippen molar-refractivity contribution < 1.29 is 15.0 Å². The molecule has 0 radical (unpaired) electrons. The molecule has 0 saturated heterocycles. The first-order chi connectivity index (χ1) is 9.84. The van der Waals surface area contributed by atoms with E-state index in [1.165, 1.54) is 0 Å². The van der Waals surface area contributed by atoms with Gasteiger partial charge in [0.15, 0.2) is 0 Å². The Labute approximate surface area is 130 Å². The molecule has 1 aromatic rings. The average Bonchev–Trinajstić information content (AvgIpc) is 2.41. The number of nitrogens with zero attached hydrogens (tertiary/aromatic N) is 1. The van der Waals surface area contributed by atoms with Gasteiger partial charge in [-0.2, -0.15) is 11.8 Å². The number of anilines is 1. The largest absolute Gasteiger partial charge is 0.478 e. The van der Waals surface area contributed by atoms with Crippen molar-refractivity contribution in [3.8, 4) is 0 Å². The quantitative estimate of drug-likeness (QED) is 0.640. The van der Waals surface area contributed by atoms with E-state index < -0.39 is 5.97 Å². The van der Waals surface area contributed by atoms with Gasteiger partial charge in [-0.1, -0.05) is 20.8 Å². The fraction of sp³-hybridized carbons (Fsp3) is 0.600. The van der Waals surface area contributed by atoms with E-state index in [1.54, 1.807) is 23.9 Å². The number of nitrogens with one attached hydrogen (secondary N) is 1. The van der Waals surface area contributed by atoms with Crippen molar-refractivity contribution in [2.75, 3.05) is 30.0 Å². The molecule has 0 bridgehead atoms. The summed E-state index contributed by atoms with van der Waals surface area (Å²) in [5.41, 5.74) is 0.820. The van der Waals surface area contributed by atoms with Gasteiger partial charge in [-0.05, 0) is 24.3 Å². The van der Waals surface area contributed by atoms with Gasteiger partial charge in [0.05, 0.1) is 5.56 Å². The molecule has 0 aromatic carbocycles. The Bertz CT molecular complexity index is 472. The second kappa shape index (κ2) is 8.24. The van der Waals surface area contributed by atoms with Gasteiger partial charge in [0, 0.05) is 30.0 Å². The summed E-state index contributed by atoms with van der Waals surface area (Å²) < 4.78 is 0. The minimum Gasteiger partial charge on any atom is -0.478 e. The van der Waals surface area contributed by atoms with Crippen LogP contribution in [0.4, 0.5) is 5.82 Å². The van der Waals surface area contributed by atoms with Crippen LogP contribution in [0.3, 0.4) is 0 Å². The standard InChI is InChI=1S/C15H24N2O3S/c1-15(2,3)12-9-11(14(19)20)10-13(17-12)16-5-8-21-7-4-6-18/h9-10,18H,4-8H2,1-3H3,(H,16,17)(H,19,20). The lowest BCUT2D eigenvalue weighted by Gasteiger charge is -2.19. The highest BCUT2D eigenvalue weighted by Gasteiger charge is 2.18. The molecule has 0 amide bonds. The fourth-order valence-corrected chi connectivity index (χ4v) is 2.43. The zero-order valence-corrected chi connectivity index (χ0v) is 13.7. The van der Waals surface area contributed by atoms with Crippen LogP contribution in [0.15, 0.2) is 12.1 Å². The van der Waals surface area contributed by atoms with Crippen molar-refractivity contribution in [3.63, 3.8) is 0 Å². The minimum atomic E-state index is -0.941. The molecule has 1 heterocycles. The second-order valence-corrected chi connectivity index (χ2v) is 7.02. The first-order valence-corrected chi connectivity index (χ1v) is 8.18. The Balaban J connectivity index is 2.68. The lowest BCUT2D eigenvalue weighted by molar-refractivity contribution is 0.0696. The molecule has 0 aliphatic carbocycles. The molecule has 118 valence electrons. The van der Waals surface area contributed by atoms with Crippen molar-refractivity contribution in [3.05, 3.63) is 23.4 Å².